The first-order valence-corrected chi connectivity index (χ1v) is 7.34. The number of urea groups is 1. The van der Waals surface area contributed by atoms with Crippen LogP contribution in [0.5, 0.6) is 0 Å². The van der Waals surface area contributed by atoms with Crippen LogP contribution in [0.1, 0.15) is 17.2 Å². The SMILES string of the molecule is NCC1c2ccccc2CCN1CCN1CCNC1=O. The Morgan fingerprint density at radius 3 is 2.85 bits per heavy atom. The lowest BCUT2D eigenvalue weighted by Crippen LogP contribution is -2.44. The Balaban J connectivity index is 1.67. The summed E-state index contributed by atoms with van der Waals surface area (Å²) in [4.78, 5) is 15.9. The van der Waals surface area contributed by atoms with Crippen molar-refractivity contribution in [2.24, 2.45) is 5.73 Å². The van der Waals surface area contributed by atoms with Gasteiger partial charge in [-0.3, -0.25) is 4.90 Å². The van der Waals surface area contributed by atoms with Gasteiger partial charge >= 0.3 is 6.03 Å². The molecule has 2 aliphatic rings. The predicted octanol–water partition coefficient (Wildman–Crippen LogP) is 0.570. The van der Waals surface area contributed by atoms with Gasteiger partial charge in [-0.1, -0.05) is 24.3 Å². The fourth-order valence-electron chi connectivity index (χ4n) is 3.22. The van der Waals surface area contributed by atoms with Crippen LogP contribution in [-0.4, -0.2) is 55.1 Å². The van der Waals surface area contributed by atoms with E-state index in [1.165, 1.54) is 11.1 Å². The van der Waals surface area contributed by atoms with Crippen molar-refractivity contribution in [3.63, 3.8) is 0 Å². The van der Waals surface area contributed by atoms with E-state index in [0.717, 1.165) is 39.1 Å². The van der Waals surface area contributed by atoms with Crippen molar-refractivity contribution in [2.75, 3.05) is 39.3 Å². The highest BCUT2D eigenvalue weighted by atomic mass is 16.2. The zero-order valence-electron chi connectivity index (χ0n) is 11.7. The van der Waals surface area contributed by atoms with E-state index >= 15 is 0 Å². The number of nitrogens with two attached hydrogens (primary N) is 1. The number of hydrogen-bond donors (Lipinski definition) is 2. The summed E-state index contributed by atoms with van der Waals surface area (Å²) in [6.07, 6.45) is 1.07. The summed E-state index contributed by atoms with van der Waals surface area (Å²) in [5.41, 5.74) is 8.75. The normalized spacial score (nSPS) is 22.8. The van der Waals surface area contributed by atoms with Crippen LogP contribution in [0.3, 0.4) is 0 Å². The van der Waals surface area contributed by atoms with Crippen LogP contribution in [0.4, 0.5) is 4.79 Å². The zero-order valence-corrected chi connectivity index (χ0v) is 11.7. The van der Waals surface area contributed by atoms with Gasteiger partial charge in [0.05, 0.1) is 0 Å². The van der Waals surface area contributed by atoms with Crippen molar-refractivity contribution in [1.29, 1.82) is 0 Å². The van der Waals surface area contributed by atoms with Crippen molar-refractivity contribution in [1.82, 2.24) is 15.1 Å². The standard InChI is InChI=1S/C15H22N4O/c16-11-14-13-4-2-1-3-12(13)5-7-18(14)9-10-19-8-6-17-15(19)20/h1-4,14H,5-11,16H2,(H,17,20). The molecule has 5 heteroatoms. The van der Waals surface area contributed by atoms with Crippen LogP contribution in [0.25, 0.3) is 0 Å². The number of hydrogen-bond acceptors (Lipinski definition) is 3. The lowest BCUT2D eigenvalue weighted by atomic mass is 9.92. The van der Waals surface area contributed by atoms with Gasteiger partial charge in [0.25, 0.3) is 0 Å². The maximum Gasteiger partial charge on any atom is 0.317 e. The highest BCUT2D eigenvalue weighted by Crippen LogP contribution is 2.28. The fraction of sp³-hybridized carbons (Fsp3) is 0.533. The van der Waals surface area contributed by atoms with Crippen LogP contribution in [-0.2, 0) is 6.42 Å². The van der Waals surface area contributed by atoms with Crippen LogP contribution in [0, 0.1) is 0 Å². The maximum atomic E-state index is 11.6. The molecule has 0 saturated carbocycles. The van der Waals surface area contributed by atoms with Gasteiger partial charge in [-0.2, -0.15) is 0 Å². The van der Waals surface area contributed by atoms with E-state index in [0.29, 0.717) is 6.54 Å². The molecule has 108 valence electrons. The Bertz CT molecular complexity index is 491. The number of nitrogens with one attached hydrogen (secondary N) is 1. The third-order valence-corrected chi connectivity index (χ3v) is 4.35. The molecule has 1 fully saturated rings. The molecule has 1 aromatic rings. The van der Waals surface area contributed by atoms with E-state index in [1.54, 1.807) is 0 Å². The summed E-state index contributed by atoms with van der Waals surface area (Å²) in [5, 5.41) is 2.84. The molecule has 0 aromatic heterocycles. The van der Waals surface area contributed by atoms with Gasteiger partial charge in [-0.05, 0) is 17.5 Å². The summed E-state index contributed by atoms with van der Waals surface area (Å²) in [5.74, 6) is 0. The van der Waals surface area contributed by atoms with E-state index in [1.807, 2.05) is 4.90 Å². The van der Waals surface area contributed by atoms with Gasteiger partial charge in [-0.15, -0.1) is 0 Å². The Morgan fingerprint density at radius 2 is 2.10 bits per heavy atom. The first-order chi connectivity index (χ1) is 9.79. The molecule has 0 radical (unpaired) electrons. The van der Waals surface area contributed by atoms with Gasteiger partial charge in [-0.25, -0.2) is 4.79 Å². The molecule has 0 spiro atoms. The molecule has 5 nitrogen and oxygen atoms in total. The molecule has 1 atom stereocenters. The first kappa shape index (κ1) is 13.4. The maximum absolute atomic E-state index is 11.6. The van der Waals surface area contributed by atoms with Crippen LogP contribution >= 0.6 is 0 Å². The number of amides is 2. The summed E-state index contributed by atoms with van der Waals surface area (Å²) < 4.78 is 0. The fourth-order valence-corrected chi connectivity index (χ4v) is 3.22. The average molecular weight is 274 g/mol. The number of benzene rings is 1. The minimum absolute atomic E-state index is 0.0618. The van der Waals surface area contributed by atoms with E-state index in [2.05, 4.69) is 34.5 Å². The highest BCUT2D eigenvalue weighted by Gasteiger charge is 2.27. The average Bonchev–Trinajstić information content (AvgIpc) is 2.89. The van der Waals surface area contributed by atoms with Gasteiger partial charge in [0.2, 0.25) is 0 Å². The van der Waals surface area contributed by atoms with Gasteiger partial charge < -0.3 is 16.0 Å². The van der Waals surface area contributed by atoms with E-state index in [-0.39, 0.29) is 12.1 Å². The molecular formula is C15H22N4O. The van der Waals surface area contributed by atoms with E-state index in [9.17, 15) is 4.79 Å². The van der Waals surface area contributed by atoms with Crippen molar-refractivity contribution in [3.8, 4) is 0 Å². The van der Waals surface area contributed by atoms with Crippen LogP contribution in [0.2, 0.25) is 0 Å². The van der Waals surface area contributed by atoms with E-state index < -0.39 is 0 Å². The molecule has 3 rings (SSSR count). The smallest absolute Gasteiger partial charge is 0.317 e. The second-order valence-corrected chi connectivity index (χ2v) is 5.46. The second kappa shape index (κ2) is 5.81. The first-order valence-electron chi connectivity index (χ1n) is 7.34. The topological polar surface area (TPSA) is 61.6 Å². The molecule has 0 aliphatic carbocycles. The van der Waals surface area contributed by atoms with Gasteiger partial charge in [0.1, 0.15) is 0 Å². The minimum Gasteiger partial charge on any atom is -0.336 e. The van der Waals surface area contributed by atoms with E-state index in [4.69, 9.17) is 5.73 Å². The summed E-state index contributed by atoms with van der Waals surface area (Å²) >= 11 is 0. The number of carbonyl (C=O) groups is 1. The summed E-state index contributed by atoms with van der Waals surface area (Å²) in [7, 11) is 0. The number of rotatable bonds is 4. The Hall–Kier alpha value is -1.59. The summed E-state index contributed by atoms with van der Waals surface area (Å²) in [6, 6.07) is 8.90. The third kappa shape index (κ3) is 2.51. The molecular weight excluding hydrogens is 252 g/mol. The highest BCUT2D eigenvalue weighted by molar-refractivity contribution is 5.76. The van der Waals surface area contributed by atoms with Crippen molar-refractivity contribution in [2.45, 2.75) is 12.5 Å². The molecule has 1 aromatic carbocycles. The minimum atomic E-state index is 0.0618. The van der Waals surface area contributed by atoms with Crippen LogP contribution in [0.15, 0.2) is 24.3 Å². The van der Waals surface area contributed by atoms with Gasteiger partial charge in [0.15, 0.2) is 0 Å². The largest absolute Gasteiger partial charge is 0.336 e. The Morgan fingerprint density at radius 1 is 1.25 bits per heavy atom. The predicted molar refractivity (Wildman–Crippen MR) is 78.5 cm³/mol. The second-order valence-electron chi connectivity index (χ2n) is 5.46. The molecule has 2 heterocycles. The van der Waals surface area contributed by atoms with Crippen molar-refractivity contribution >= 4 is 6.03 Å². The number of carbonyl (C=O) groups excluding carboxylic acids is 1. The number of fused-ring (bicyclic) bond motifs is 1. The zero-order chi connectivity index (χ0) is 13.9. The molecule has 2 amide bonds. The number of nitrogens with zero attached hydrogens (tertiary/aromatic N) is 2. The third-order valence-electron chi connectivity index (χ3n) is 4.35. The van der Waals surface area contributed by atoms with Crippen LogP contribution < -0.4 is 11.1 Å². The van der Waals surface area contributed by atoms with Crippen molar-refractivity contribution < 1.29 is 4.79 Å². The summed E-state index contributed by atoms with van der Waals surface area (Å²) in [6.45, 7) is 4.91. The monoisotopic (exact) mass is 274 g/mol. The Kier molecular flexibility index (Phi) is 3.89. The molecule has 20 heavy (non-hydrogen) atoms. The molecule has 1 saturated heterocycles. The Labute approximate surface area is 119 Å². The molecule has 3 N–H and O–H groups in total. The van der Waals surface area contributed by atoms with Crippen molar-refractivity contribution in [3.05, 3.63) is 35.4 Å². The quantitative estimate of drug-likeness (QED) is 0.844. The van der Waals surface area contributed by atoms with Gasteiger partial charge in [0, 0.05) is 45.3 Å². The molecule has 2 aliphatic heterocycles. The lowest BCUT2D eigenvalue weighted by Gasteiger charge is -2.37. The molecule has 0 bridgehead atoms. The lowest BCUT2D eigenvalue weighted by molar-refractivity contribution is 0.165. The molecule has 1 unspecified atom stereocenters.